The Labute approximate surface area is 203 Å². The zero-order chi connectivity index (χ0) is 25.4. The summed E-state index contributed by atoms with van der Waals surface area (Å²) in [5.74, 6) is -4.57. The Bertz CT molecular complexity index is 1400. The number of amides is 1. The van der Waals surface area contributed by atoms with Crippen molar-refractivity contribution in [2.75, 3.05) is 11.5 Å². The lowest BCUT2D eigenvalue weighted by Crippen LogP contribution is -2.29. The second kappa shape index (κ2) is 9.38. The van der Waals surface area contributed by atoms with Crippen molar-refractivity contribution in [1.82, 2.24) is 4.98 Å². The fourth-order valence-electron chi connectivity index (χ4n) is 3.79. The summed E-state index contributed by atoms with van der Waals surface area (Å²) >= 11 is 0.836. The van der Waals surface area contributed by atoms with Crippen LogP contribution in [-0.4, -0.2) is 34.4 Å². The van der Waals surface area contributed by atoms with Gasteiger partial charge in [0.05, 0.1) is 23.9 Å². The summed E-state index contributed by atoms with van der Waals surface area (Å²) in [5.41, 5.74) is 0.422. The second-order valence-electron chi connectivity index (χ2n) is 7.82. The molecule has 35 heavy (non-hydrogen) atoms. The molecule has 1 aliphatic heterocycles. The van der Waals surface area contributed by atoms with Gasteiger partial charge in [-0.15, -0.1) is 0 Å². The smallest absolute Gasteiger partial charge is 0.350 e. The Morgan fingerprint density at radius 1 is 1.17 bits per heavy atom. The van der Waals surface area contributed by atoms with Crippen molar-refractivity contribution >= 4 is 39.9 Å². The molecular weight excluding hydrogens is 478 g/mol. The highest BCUT2D eigenvalue weighted by Crippen LogP contribution is 2.44. The highest BCUT2D eigenvalue weighted by Gasteiger charge is 2.48. The lowest BCUT2D eigenvalue weighted by atomic mass is 9.95. The van der Waals surface area contributed by atoms with Crippen molar-refractivity contribution in [3.05, 3.63) is 86.9 Å². The molecule has 1 N–H and O–H groups in total. The standard InChI is InChI=1S/C25H20F2N2O5S/c1-4-34-24(33)22-13(3)28-25(35-22)29-19(14-6-5-7-16(26)10-14)18(21(31)23(29)32)20(30)15-9-8-12(2)17(27)11-15/h5-11,19,30H,4H2,1-3H3. The highest BCUT2D eigenvalue weighted by atomic mass is 32.1. The highest BCUT2D eigenvalue weighted by molar-refractivity contribution is 7.17. The molecule has 7 nitrogen and oxygen atoms in total. The number of carbonyl (C=O) groups excluding carboxylic acids is 3. The average molecular weight is 499 g/mol. The predicted octanol–water partition coefficient (Wildman–Crippen LogP) is 4.84. The van der Waals surface area contributed by atoms with Crippen LogP contribution >= 0.6 is 11.3 Å². The molecule has 0 bridgehead atoms. The van der Waals surface area contributed by atoms with Crippen LogP contribution in [-0.2, 0) is 14.3 Å². The average Bonchev–Trinajstić information content (AvgIpc) is 3.32. The van der Waals surface area contributed by atoms with Gasteiger partial charge in [-0.1, -0.05) is 35.6 Å². The van der Waals surface area contributed by atoms with Gasteiger partial charge in [0.25, 0.3) is 5.78 Å². The van der Waals surface area contributed by atoms with Crippen LogP contribution in [0.15, 0.2) is 48.0 Å². The number of thiazole rings is 1. The van der Waals surface area contributed by atoms with Gasteiger partial charge in [-0.2, -0.15) is 0 Å². The lowest BCUT2D eigenvalue weighted by Gasteiger charge is -2.23. The molecule has 1 aromatic heterocycles. The molecular formula is C25H20F2N2O5S. The van der Waals surface area contributed by atoms with Gasteiger partial charge in [-0.05, 0) is 50.1 Å². The van der Waals surface area contributed by atoms with Crippen LogP contribution in [0.3, 0.4) is 0 Å². The summed E-state index contributed by atoms with van der Waals surface area (Å²) in [6.07, 6.45) is 0. The van der Waals surface area contributed by atoms with E-state index in [1.165, 1.54) is 37.3 Å². The van der Waals surface area contributed by atoms with Crippen LogP contribution in [0, 0.1) is 25.5 Å². The maximum absolute atomic E-state index is 14.2. The van der Waals surface area contributed by atoms with Crippen molar-refractivity contribution in [1.29, 1.82) is 0 Å². The van der Waals surface area contributed by atoms with E-state index in [2.05, 4.69) is 4.98 Å². The maximum Gasteiger partial charge on any atom is 0.350 e. The number of hydrogen-bond acceptors (Lipinski definition) is 7. The number of ether oxygens (including phenoxy) is 1. The lowest BCUT2D eigenvalue weighted by molar-refractivity contribution is -0.132. The van der Waals surface area contributed by atoms with E-state index in [0.717, 1.165) is 28.4 Å². The minimum Gasteiger partial charge on any atom is -0.507 e. The summed E-state index contributed by atoms with van der Waals surface area (Å²) in [5, 5.41) is 11.0. The van der Waals surface area contributed by atoms with Crippen molar-refractivity contribution < 1.29 is 33.0 Å². The Morgan fingerprint density at radius 3 is 2.57 bits per heavy atom. The van der Waals surface area contributed by atoms with E-state index in [0.29, 0.717) is 5.56 Å². The molecule has 1 fully saturated rings. The normalized spacial score (nSPS) is 17.2. The molecule has 1 atom stereocenters. The SMILES string of the molecule is CCOC(=O)c1sc(N2C(=O)C(=O)C(=C(O)c3ccc(C)c(F)c3)C2c2cccc(F)c2)nc1C. The fourth-order valence-corrected chi connectivity index (χ4v) is 4.78. The molecule has 1 unspecified atom stereocenters. The third-order valence-corrected chi connectivity index (χ3v) is 6.64. The van der Waals surface area contributed by atoms with Gasteiger partial charge in [0, 0.05) is 5.56 Å². The van der Waals surface area contributed by atoms with Crippen LogP contribution < -0.4 is 4.90 Å². The number of hydrogen-bond donors (Lipinski definition) is 1. The van der Waals surface area contributed by atoms with Gasteiger partial charge in [-0.25, -0.2) is 18.6 Å². The molecule has 2 aromatic carbocycles. The number of Topliss-reactive ketones (excluding diaryl/α,β-unsaturated/α-hetero) is 1. The first-order chi connectivity index (χ1) is 16.6. The molecule has 0 radical (unpaired) electrons. The third kappa shape index (κ3) is 4.32. The van der Waals surface area contributed by atoms with Gasteiger partial charge in [0.1, 0.15) is 22.3 Å². The van der Waals surface area contributed by atoms with Gasteiger partial charge in [0.15, 0.2) is 5.13 Å². The van der Waals surface area contributed by atoms with Gasteiger partial charge >= 0.3 is 11.9 Å². The number of rotatable bonds is 5. The first-order valence-corrected chi connectivity index (χ1v) is 11.4. The summed E-state index contributed by atoms with van der Waals surface area (Å²) < 4.78 is 33.4. The van der Waals surface area contributed by atoms with E-state index < -0.39 is 41.1 Å². The number of ketones is 1. The van der Waals surface area contributed by atoms with Crippen LogP contribution in [0.4, 0.5) is 13.9 Å². The molecule has 4 rings (SSSR count). The maximum atomic E-state index is 14.2. The quantitative estimate of drug-likeness (QED) is 0.234. The minimum absolute atomic E-state index is 0.00366. The topological polar surface area (TPSA) is 96.8 Å². The number of aromatic nitrogens is 1. The summed E-state index contributed by atoms with van der Waals surface area (Å²) in [7, 11) is 0. The molecule has 0 aliphatic carbocycles. The number of aliphatic hydroxyl groups is 1. The fraction of sp³-hybridized carbons (Fsp3) is 0.200. The largest absolute Gasteiger partial charge is 0.507 e. The minimum atomic E-state index is -1.27. The summed E-state index contributed by atoms with van der Waals surface area (Å²) in [4.78, 5) is 44.0. The van der Waals surface area contributed by atoms with Crippen molar-refractivity contribution in [3.8, 4) is 0 Å². The van der Waals surface area contributed by atoms with Crippen LogP contribution in [0.1, 0.15) is 45.0 Å². The number of esters is 1. The molecule has 1 amide bonds. The zero-order valence-corrected chi connectivity index (χ0v) is 19.8. The van der Waals surface area contributed by atoms with Crippen LogP contribution in [0.25, 0.3) is 5.76 Å². The van der Waals surface area contributed by atoms with E-state index >= 15 is 0 Å². The second-order valence-corrected chi connectivity index (χ2v) is 8.80. The van der Waals surface area contributed by atoms with Gasteiger partial charge < -0.3 is 9.84 Å². The van der Waals surface area contributed by atoms with E-state index in [1.807, 2.05) is 0 Å². The molecule has 0 saturated carbocycles. The van der Waals surface area contributed by atoms with E-state index in [1.54, 1.807) is 13.8 Å². The van der Waals surface area contributed by atoms with E-state index in [-0.39, 0.29) is 39.0 Å². The number of aliphatic hydroxyl groups excluding tert-OH is 1. The number of anilines is 1. The third-order valence-electron chi connectivity index (χ3n) is 5.51. The molecule has 180 valence electrons. The molecule has 0 spiro atoms. The molecule has 2 heterocycles. The summed E-state index contributed by atoms with van der Waals surface area (Å²) in [6, 6.07) is 7.82. The van der Waals surface area contributed by atoms with Gasteiger partial charge in [0.2, 0.25) is 0 Å². The first kappa shape index (κ1) is 24.2. The van der Waals surface area contributed by atoms with Crippen LogP contribution in [0.5, 0.6) is 0 Å². The Balaban J connectivity index is 1.93. The van der Waals surface area contributed by atoms with Crippen LogP contribution in [0.2, 0.25) is 0 Å². The van der Waals surface area contributed by atoms with E-state index in [4.69, 9.17) is 4.74 Å². The molecule has 1 saturated heterocycles. The molecule has 1 aliphatic rings. The number of nitrogens with zero attached hydrogens (tertiary/aromatic N) is 2. The number of halogens is 2. The Hall–Kier alpha value is -3.92. The number of aryl methyl sites for hydroxylation is 2. The monoisotopic (exact) mass is 498 g/mol. The van der Waals surface area contributed by atoms with Crippen molar-refractivity contribution in [2.45, 2.75) is 26.8 Å². The Morgan fingerprint density at radius 2 is 1.91 bits per heavy atom. The predicted molar refractivity (Wildman–Crippen MR) is 125 cm³/mol. The molecule has 3 aromatic rings. The number of benzene rings is 2. The zero-order valence-electron chi connectivity index (χ0n) is 19.0. The van der Waals surface area contributed by atoms with Gasteiger partial charge in [-0.3, -0.25) is 14.5 Å². The number of carbonyl (C=O) groups is 3. The summed E-state index contributed by atoms with van der Waals surface area (Å²) in [6.45, 7) is 4.86. The van der Waals surface area contributed by atoms with Crippen molar-refractivity contribution in [3.63, 3.8) is 0 Å². The first-order valence-electron chi connectivity index (χ1n) is 10.6. The van der Waals surface area contributed by atoms with E-state index in [9.17, 15) is 28.3 Å². The Kier molecular flexibility index (Phi) is 6.49. The molecule has 10 heteroatoms. The van der Waals surface area contributed by atoms with Crippen molar-refractivity contribution in [2.24, 2.45) is 0 Å².